The first-order chi connectivity index (χ1) is 9.15. The largest absolute Gasteiger partial charge is 0.384 e. The Morgan fingerprint density at radius 2 is 2.21 bits per heavy atom. The van der Waals surface area contributed by atoms with E-state index in [0.29, 0.717) is 18.1 Å². The summed E-state index contributed by atoms with van der Waals surface area (Å²) in [5.74, 6) is 1.56. The summed E-state index contributed by atoms with van der Waals surface area (Å²) in [6.07, 6.45) is 3.82. The van der Waals surface area contributed by atoms with E-state index in [0.717, 1.165) is 11.3 Å². The van der Waals surface area contributed by atoms with E-state index in [9.17, 15) is 4.79 Å². The van der Waals surface area contributed by atoms with Gasteiger partial charge in [0.1, 0.15) is 0 Å². The number of carbonyl (C=O) groups is 1. The van der Waals surface area contributed by atoms with Crippen molar-refractivity contribution in [2.45, 2.75) is 37.0 Å². The average molecular weight is 299 g/mol. The van der Waals surface area contributed by atoms with Crippen molar-refractivity contribution in [2.75, 3.05) is 19.5 Å². The third-order valence-electron chi connectivity index (χ3n) is 3.73. The van der Waals surface area contributed by atoms with Crippen LogP contribution in [-0.2, 0) is 4.74 Å². The molecule has 1 fully saturated rings. The minimum atomic E-state index is -0.369. The number of hydrogen-bond acceptors (Lipinski definition) is 3. The predicted molar refractivity (Wildman–Crippen MR) is 80.6 cm³/mol. The zero-order chi connectivity index (χ0) is 13.8. The van der Waals surface area contributed by atoms with Gasteiger partial charge in [-0.25, -0.2) is 0 Å². The second-order valence-electron chi connectivity index (χ2n) is 4.90. The van der Waals surface area contributed by atoms with Gasteiger partial charge < -0.3 is 4.74 Å². The fraction of sp³-hybridized carbons (Fsp3) is 0.533. The zero-order valence-electron chi connectivity index (χ0n) is 11.4. The highest BCUT2D eigenvalue weighted by molar-refractivity contribution is 7.99. The van der Waals surface area contributed by atoms with E-state index in [-0.39, 0.29) is 5.24 Å². The highest BCUT2D eigenvalue weighted by Gasteiger charge is 2.24. The Hall–Kier alpha value is -0.510. The van der Waals surface area contributed by atoms with Crippen LogP contribution in [0.25, 0.3) is 0 Å². The summed E-state index contributed by atoms with van der Waals surface area (Å²) in [5.41, 5.74) is 3.03. The molecule has 1 aromatic rings. The molecule has 0 N–H and O–H groups in total. The number of benzene rings is 1. The molecule has 0 saturated heterocycles. The molecule has 1 aliphatic carbocycles. The third kappa shape index (κ3) is 3.33. The standard InChI is InChI=1S/C15H19ClO2S/c1-10-12(15(16)17)6-7-13(11-4-3-5-11)14(10)19-9-8-18-2/h6-7,11H,3-5,8-9H2,1-2H3. The van der Waals surface area contributed by atoms with Crippen LogP contribution in [0.1, 0.15) is 46.7 Å². The molecule has 0 unspecified atom stereocenters. The lowest BCUT2D eigenvalue weighted by molar-refractivity contribution is 0.108. The van der Waals surface area contributed by atoms with Crippen LogP contribution >= 0.6 is 23.4 Å². The van der Waals surface area contributed by atoms with Crippen LogP contribution in [0.4, 0.5) is 0 Å². The molecule has 0 spiro atoms. The Morgan fingerprint density at radius 3 is 2.74 bits per heavy atom. The van der Waals surface area contributed by atoms with Crippen molar-refractivity contribution < 1.29 is 9.53 Å². The zero-order valence-corrected chi connectivity index (χ0v) is 12.9. The molecule has 0 amide bonds. The van der Waals surface area contributed by atoms with Gasteiger partial charge in [-0.1, -0.05) is 12.5 Å². The van der Waals surface area contributed by atoms with Gasteiger partial charge in [-0.3, -0.25) is 4.79 Å². The summed E-state index contributed by atoms with van der Waals surface area (Å²) >= 11 is 7.42. The molecule has 1 saturated carbocycles. The molecule has 1 aliphatic rings. The monoisotopic (exact) mass is 298 g/mol. The van der Waals surface area contributed by atoms with Crippen molar-refractivity contribution in [2.24, 2.45) is 0 Å². The number of thioether (sulfide) groups is 1. The molecule has 2 rings (SSSR count). The lowest BCUT2D eigenvalue weighted by Crippen LogP contribution is -2.12. The van der Waals surface area contributed by atoms with E-state index in [1.54, 1.807) is 18.9 Å². The second kappa shape index (κ2) is 6.78. The molecule has 1 aromatic carbocycles. The van der Waals surface area contributed by atoms with E-state index in [1.807, 2.05) is 13.0 Å². The topological polar surface area (TPSA) is 26.3 Å². The fourth-order valence-electron chi connectivity index (χ4n) is 2.38. The molecule has 19 heavy (non-hydrogen) atoms. The van der Waals surface area contributed by atoms with Crippen molar-refractivity contribution in [1.29, 1.82) is 0 Å². The minimum Gasteiger partial charge on any atom is -0.384 e. The van der Waals surface area contributed by atoms with Crippen LogP contribution < -0.4 is 0 Å². The Labute approximate surface area is 123 Å². The van der Waals surface area contributed by atoms with Crippen LogP contribution in [0.15, 0.2) is 17.0 Å². The van der Waals surface area contributed by atoms with Crippen LogP contribution in [-0.4, -0.2) is 24.7 Å². The third-order valence-corrected chi connectivity index (χ3v) is 5.13. The summed E-state index contributed by atoms with van der Waals surface area (Å²) in [7, 11) is 1.71. The molecule has 0 aromatic heterocycles. The molecule has 0 heterocycles. The molecular formula is C15H19ClO2S. The first kappa shape index (κ1) is 14.9. The van der Waals surface area contributed by atoms with Gasteiger partial charge in [0.2, 0.25) is 0 Å². The van der Waals surface area contributed by atoms with E-state index >= 15 is 0 Å². The van der Waals surface area contributed by atoms with E-state index < -0.39 is 0 Å². The van der Waals surface area contributed by atoms with Crippen molar-refractivity contribution in [1.82, 2.24) is 0 Å². The molecule has 0 aliphatic heterocycles. The van der Waals surface area contributed by atoms with Crippen molar-refractivity contribution in [3.63, 3.8) is 0 Å². The summed E-state index contributed by atoms with van der Waals surface area (Å²) in [6, 6.07) is 3.96. The van der Waals surface area contributed by atoms with Gasteiger partial charge in [-0.2, -0.15) is 0 Å². The molecule has 0 atom stereocenters. The van der Waals surface area contributed by atoms with Gasteiger partial charge in [0.15, 0.2) is 0 Å². The van der Waals surface area contributed by atoms with Gasteiger partial charge in [-0.15, -0.1) is 11.8 Å². The second-order valence-corrected chi connectivity index (χ2v) is 6.35. The number of methoxy groups -OCH3 is 1. The smallest absolute Gasteiger partial charge is 0.252 e. The fourth-order valence-corrected chi connectivity index (χ4v) is 3.77. The SMILES string of the molecule is COCCSc1c(C2CCC2)ccc(C(=O)Cl)c1C. The number of halogens is 1. The first-order valence-electron chi connectivity index (χ1n) is 6.60. The van der Waals surface area contributed by atoms with Crippen molar-refractivity contribution in [3.8, 4) is 0 Å². The number of hydrogen-bond donors (Lipinski definition) is 0. The van der Waals surface area contributed by atoms with Crippen molar-refractivity contribution in [3.05, 3.63) is 28.8 Å². The minimum absolute atomic E-state index is 0.369. The Balaban J connectivity index is 2.31. The lowest BCUT2D eigenvalue weighted by atomic mass is 9.79. The number of rotatable bonds is 6. The van der Waals surface area contributed by atoms with Gasteiger partial charge >= 0.3 is 0 Å². The summed E-state index contributed by atoms with van der Waals surface area (Å²) < 4.78 is 5.11. The number of ether oxygens (including phenoxy) is 1. The quantitative estimate of drug-likeness (QED) is 0.443. The predicted octanol–water partition coefficient (Wildman–Crippen LogP) is 4.38. The van der Waals surface area contributed by atoms with Gasteiger partial charge in [-0.05, 0) is 54.5 Å². The lowest BCUT2D eigenvalue weighted by Gasteiger charge is -2.29. The van der Waals surface area contributed by atoms with Gasteiger partial charge in [0.05, 0.1) is 6.61 Å². The van der Waals surface area contributed by atoms with Crippen LogP contribution in [0.5, 0.6) is 0 Å². The highest BCUT2D eigenvalue weighted by atomic mass is 35.5. The highest BCUT2D eigenvalue weighted by Crippen LogP contribution is 2.42. The summed E-state index contributed by atoms with van der Waals surface area (Å²) in [4.78, 5) is 12.7. The van der Waals surface area contributed by atoms with E-state index in [1.165, 1.54) is 29.7 Å². The molecule has 4 heteroatoms. The van der Waals surface area contributed by atoms with Crippen LogP contribution in [0.2, 0.25) is 0 Å². The first-order valence-corrected chi connectivity index (χ1v) is 7.96. The van der Waals surface area contributed by atoms with Gasteiger partial charge in [0.25, 0.3) is 5.24 Å². The maximum Gasteiger partial charge on any atom is 0.252 e. The Kier molecular flexibility index (Phi) is 5.31. The maximum absolute atomic E-state index is 11.4. The molecular weight excluding hydrogens is 280 g/mol. The van der Waals surface area contributed by atoms with Crippen molar-refractivity contribution >= 4 is 28.6 Å². The number of carbonyl (C=O) groups excluding carboxylic acids is 1. The summed E-state index contributed by atoms with van der Waals surface area (Å²) in [6.45, 7) is 2.71. The van der Waals surface area contributed by atoms with E-state index in [2.05, 4.69) is 6.07 Å². The van der Waals surface area contributed by atoms with E-state index in [4.69, 9.17) is 16.3 Å². The van der Waals surface area contributed by atoms with Gasteiger partial charge in [0, 0.05) is 23.3 Å². The normalized spacial score (nSPS) is 15.3. The van der Waals surface area contributed by atoms with Crippen LogP contribution in [0.3, 0.4) is 0 Å². The molecule has 0 radical (unpaired) electrons. The Morgan fingerprint density at radius 1 is 1.47 bits per heavy atom. The maximum atomic E-state index is 11.4. The average Bonchev–Trinajstić information content (AvgIpc) is 2.30. The summed E-state index contributed by atoms with van der Waals surface area (Å²) in [5, 5.41) is -0.369. The Bertz CT molecular complexity index is 469. The molecule has 0 bridgehead atoms. The van der Waals surface area contributed by atoms with Crippen LogP contribution in [0, 0.1) is 6.92 Å². The molecule has 2 nitrogen and oxygen atoms in total. The molecule has 104 valence electrons.